The second kappa shape index (κ2) is 7.05. The standard InChI is InChI=1S/C18H24N4O2/c1-13-17(11-19-18(24)21-10-6-9-16(21)12-23)14(2)22(20-13)15-7-4-3-5-8-15/h3-5,7-8,16,23H,6,9-12H2,1-2H3,(H,19,24). The molecule has 1 unspecified atom stereocenters. The molecule has 128 valence electrons. The van der Waals surface area contributed by atoms with Gasteiger partial charge in [-0.2, -0.15) is 5.10 Å². The van der Waals surface area contributed by atoms with Crippen LogP contribution < -0.4 is 5.32 Å². The molecular formula is C18H24N4O2. The zero-order chi connectivity index (χ0) is 17.1. The van der Waals surface area contributed by atoms with E-state index in [2.05, 4.69) is 10.4 Å². The van der Waals surface area contributed by atoms with Crippen LogP contribution in [-0.2, 0) is 6.54 Å². The Kier molecular flexibility index (Phi) is 4.85. The van der Waals surface area contributed by atoms with Gasteiger partial charge in [-0.25, -0.2) is 9.48 Å². The maximum Gasteiger partial charge on any atom is 0.317 e. The predicted octanol–water partition coefficient (Wildman–Crippen LogP) is 2.16. The molecular weight excluding hydrogens is 304 g/mol. The lowest BCUT2D eigenvalue weighted by Gasteiger charge is -2.23. The van der Waals surface area contributed by atoms with Gasteiger partial charge in [-0.3, -0.25) is 0 Å². The fraction of sp³-hybridized carbons (Fsp3) is 0.444. The summed E-state index contributed by atoms with van der Waals surface area (Å²) in [6.45, 7) is 5.15. The van der Waals surface area contributed by atoms with Crippen molar-refractivity contribution in [1.29, 1.82) is 0 Å². The maximum atomic E-state index is 12.4. The number of carbonyl (C=O) groups is 1. The Labute approximate surface area is 142 Å². The van der Waals surface area contributed by atoms with E-state index in [9.17, 15) is 9.90 Å². The zero-order valence-electron chi connectivity index (χ0n) is 14.2. The molecule has 2 aromatic rings. The van der Waals surface area contributed by atoms with Crippen molar-refractivity contribution in [3.63, 3.8) is 0 Å². The van der Waals surface area contributed by atoms with E-state index in [4.69, 9.17) is 0 Å². The molecule has 24 heavy (non-hydrogen) atoms. The lowest BCUT2D eigenvalue weighted by Crippen LogP contribution is -2.44. The average molecular weight is 328 g/mol. The molecule has 1 aliphatic heterocycles. The molecule has 0 aliphatic carbocycles. The van der Waals surface area contributed by atoms with Crippen molar-refractivity contribution in [2.45, 2.75) is 39.3 Å². The number of nitrogens with one attached hydrogen (secondary N) is 1. The number of urea groups is 1. The van der Waals surface area contributed by atoms with Gasteiger partial charge in [-0.15, -0.1) is 0 Å². The average Bonchev–Trinajstić information content (AvgIpc) is 3.18. The Balaban J connectivity index is 1.72. The van der Waals surface area contributed by atoms with Gasteiger partial charge in [-0.05, 0) is 38.8 Å². The number of aromatic nitrogens is 2. The highest BCUT2D eigenvalue weighted by atomic mass is 16.3. The van der Waals surface area contributed by atoms with E-state index in [1.165, 1.54) is 0 Å². The second-order valence-corrected chi connectivity index (χ2v) is 6.23. The summed E-state index contributed by atoms with van der Waals surface area (Å²) in [7, 11) is 0. The molecule has 1 saturated heterocycles. The summed E-state index contributed by atoms with van der Waals surface area (Å²) in [5.74, 6) is 0. The number of aryl methyl sites for hydroxylation is 1. The van der Waals surface area contributed by atoms with E-state index in [0.717, 1.165) is 35.5 Å². The smallest absolute Gasteiger partial charge is 0.317 e. The number of likely N-dealkylation sites (tertiary alicyclic amines) is 1. The minimum absolute atomic E-state index is 0.0252. The number of aliphatic hydroxyl groups excluding tert-OH is 1. The van der Waals surface area contributed by atoms with Crippen LogP contribution in [0.15, 0.2) is 30.3 Å². The molecule has 1 aliphatic rings. The van der Waals surface area contributed by atoms with Crippen molar-refractivity contribution < 1.29 is 9.90 Å². The van der Waals surface area contributed by atoms with Crippen molar-refractivity contribution in [2.24, 2.45) is 0 Å². The summed E-state index contributed by atoms with van der Waals surface area (Å²) in [6, 6.07) is 9.79. The van der Waals surface area contributed by atoms with Crippen LogP contribution in [-0.4, -0.2) is 45.0 Å². The van der Waals surface area contributed by atoms with Gasteiger partial charge >= 0.3 is 6.03 Å². The van der Waals surface area contributed by atoms with Crippen LogP contribution in [0.4, 0.5) is 4.79 Å². The fourth-order valence-electron chi connectivity index (χ4n) is 3.31. The molecule has 1 aromatic heterocycles. The van der Waals surface area contributed by atoms with Gasteiger partial charge in [0.15, 0.2) is 0 Å². The maximum absolute atomic E-state index is 12.4. The van der Waals surface area contributed by atoms with Gasteiger partial charge in [0.2, 0.25) is 0 Å². The van der Waals surface area contributed by atoms with Crippen LogP contribution in [0.25, 0.3) is 5.69 Å². The zero-order valence-corrected chi connectivity index (χ0v) is 14.2. The molecule has 6 heteroatoms. The van der Waals surface area contributed by atoms with Gasteiger partial charge in [-0.1, -0.05) is 18.2 Å². The number of carbonyl (C=O) groups excluding carboxylic acids is 1. The summed E-state index contributed by atoms with van der Waals surface area (Å²) in [4.78, 5) is 14.1. The van der Waals surface area contributed by atoms with E-state index in [1.807, 2.05) is 48.9 Å². The van der Waals surface area contributed by atoms with Crippen molar-refractivity contribution in [1.82, 2.24) is 20.0 Å². The van der Waals surface area contributed by atoms with Crippen LogP contribution >= 0.6 is 0 Å². The molecule has 1 fully saturated rings. The number of hydrogen-bond acceptors (Lipinski definition) is 3. The van der Waals surface area contributed by atoms with Crippen molar-refractivity contribution in [2.75, 3.05) is 13.2 Å². The van der Waals surface area contributed by atoms with Gasteiger partial charge in [0.25, 0.3) is 0 Å². The molecule has 3 rings (SSSR count). The number of para-hydroxylation sites is 1. The lowest BCUT2D eigenvalue weighted by atomic mass is 10.2. The predicted molar refractivity (Wildman–Crippen MR) is 92.1 cm³/mol. The normalized spacial score (nSPS) is 17.3. The number of benzene rings is 1. The van der Waals surface area contributed by atoms with Crippen LogP contribution in [0.2, 0.25) is 0 Å². The van der Waals surface area contributed by atoms with Crippen molar-refractivity contribution in [3.8, 4) is 5.69 Å². The fourth-order valence-corrected chi connectivity index (χ4v) is 3.31. The molecule has 1 aromatic carbocycles. The van der Waals surface area contributed by atoms with E-state index in [1.54, 1.807) is 4.90 Å². The Morgan fingerprint density at radius 3 is 2.79 bits per heavy atom. The highest BCUT2D eigenvalue weighted by Gasteiger charge is 2.28. The first kappa shape index (κ1) is 16.5. The Morgan fingerprint density at radius 2 is 2.08 bits per heavy atom. The van der Waals surface area contributed by atoms with Crippen LogP contribution in [0.3, 0.4) is 0 Å². The molecule has 0 saturated carbocycles. The van der Waals surface area contributed by atoms with Gasteiger partial charge in [0, 0.05) is 24.3 Å². The van der Waals surface area contributed by atoms with E-state index in [-0.39, 0.29) is 18.7 Å². The third kappa shape index (κ3) is 3.14. The first-order chi connectivity index (χ1) is 11.6. The second-order valence-electron chi connectivity index (χ2n) is 6.23. The Hall–Kier alpha value is -2.34. The number of nitrogens with zero attached hydrogens (tertiary/aromatic N) is 3. The Bertz CT molecular complexity index is 711. The summed E-state index contributed by atoms with van der Waals surface area (Å²) in [5.41, 5.74) is 3.98. The van der Waals surface area contributed by atoms with Gasteiger partial charge < -0.3 is 15.3 Å². The topological polar surface area (TPSA) is 70.4 Å². The van der Waals surface area contributed by atoms with Crippen LogP contribution in [0, 0.1) is 13.8 Å². The number of hydrogen-bond donors (Lipinski definition) is 2. The quantitative estimate of drug-likeness (QED) is 0.903. The van der Waals surface area contributed by atoms with E-state index < -0.39 is 0 Å². The molecule has 1 atom stereocenters. The van der Waals surface area contributed by atoms with Gasteiger partial charge in [0.05, 0.1) is 24.0 Å². The molecule has 2 N–H and O–H groups in total. The van der Waals surface area contributed by atoms with Crippen LogP contribution in [0.5, 0.6) is 0 Å². The minimum atomic E-state index is -0.113. The van der Waals surface area contributed by atoms with Crippen LogP contribution in [0.1, 0.15) is 29.8 Å². The summed E-state index contributed by atoms with van der Waals surface area (Å²) in [6.07, 6.45) is 1.82. The summed E-state index contributed by atoms with van der Waals surface area (Å²) < 4.78 is 1.91. The highest BCUT2D eigenvalue weighted by molar-refractivity contribution is 5.75. The highest BCUT2D eigenvalue weighted by Crippen LogP contribution is 2.19. The Morgan fingerprint density at radius 1 is 1.33 bits per heavy atom. The first-order valence-corrected chi connectivity index (χ1v) is 8.37. The third-order valence-electron chi connectivity index (χ3n) is 4.71. The molecule has 6 nitrogen and oxygen atoms in total. The molecule has 2 amide bonds. The van der Waals surface area contributed by atoms with Gasteiger partial charge in [0.1, 0.15) is 0 Å². The van der Waals surface area contributed by atoms with E-state index in [0.29, 0.717) is 13.1 Å². The molecule has 0 spiro atoms. The third-order valence-corrected chi connectivity index (χ3v) is 4.71. The van der Waals surface area contributed by atoms with Crippen molar-refractivity contribution >= 4 is 6.03 Å². The SMILES string of the molecule is Cc1nn(-c2ccccc2)c(C)c1CNC(=O)N1CCCC1CO. The first-order valence-electron chi connectivity index (χ1n) is 8.37. The largest absolute Gasteiger partial charge is 0.394 e. The summed E-state index contributed by atoms with van der Waals surface area (Å²) in [5, 5.41) is 16.9. The number of rotatable bonds is 4. The van der Waals surface area contributed by atoms with E-state index >= 15 is 0 Å². The molecule has 2 heterocycles. The lowest BCUT2D eigenvalue weighted by molar-refractivity contribution is 0.157. The minimum Gasteiger partial charge on any atom is -0.394 e. The summed E-state index contributed by atoms with van der Waals surface area (Å²) >= 11 is 0. The van der Waals surface area contributed by atoms with Crippen molar-refractivity contribution in [3.05, 3.63) is 47.3 Å². The molecule has 0 radical (unpaired) electrons. The monoisotopic (exact) mass is 328 g/mol. The number of amides is 2. The molecule has 0 bridgehead atoms. The number of aliphatic hydroxyl groups is 1.